The van der Waals surface area contributed by atoms with E-state index in [0.29, 0.717) is 6.54 Å². The third-order valence-electron chi connectivity index (χ3n) is 5.40. The Morgan fingerprint density at radius 3 is 2.90 bits per heavy atom. The van der Waals surface area contributed by atoms with Gasteiger partial charge in [-0.1, -0.05) is 31.2 Å². The fourth-order valence-corrected chi connectivity index (χ4v) is 3.60. The van der Waals surface area contributed by atoms with Crippen LogP contribution in [0.4, 0.5) is 0 Å². The summed E-state index contributed by atoms with van der Waals surface area (Å²) in [6.07, 6.45) is 6.40. The molecule has 7 nitrogen and oxygen atoms in total. The molecule has 8 heteroatoms. The van der Waals surface area contributed by atoms with Crippen molar-refractivity contribution in [1.82, 2.24) is 25.0 Å². The summed E-state index contributed by atoms with van der Waals surface area (Å²) in [5, 5.41) is 11.7. The summed E-state index contributed by atoms with van der Waals surface area (Å²) in [6, 6.07) is 8.51. The molecule has 0 saturated carbocycles. The van der Waals surface area contributed by atoms with Crippen LogP contribution >= 0.6 is 24.0 Å². The molecule has 0 bridgehead atoms. The second-order valence-corrected chi connectivity index (χ2v) is 7.66. The lowest BCUT2D eigenvalue weighted by molar-refractivity contribution is 0.0223. The van der Waals surface area contributed by atoms with E-state index in [1.807, 2.05) is 0 Å². The standard InChI is InChI=1S/C22H34N6O.HI/c1-4-21-26-25-17-28(21)13-12-23-22(24-15-20-11-7-8-14-29-20)27(3)16-19-10-6-5-9-18(19)2;/h5-6,9-10,17,20H,4,7-8,11-16H2,1-3H3,(H,23,24);1H. The van der Waals surface area contributed by atoms with Gasteiger partial charge in [0.15, 0.2) is 5.96 Å². The van der Waals surface area contributed by atoms with Crippen LogP contribution in [0.5, 0.6) is 0 Å². The van der Waals surface area contributed by atoms with E-state index < -0.39 is 0 Å². The number of aliphatic imine (C=N–C) groups is 1. The smallest absolute Gasteiger partial charge is 0.194 e. The fourth-order valence-electron chi connectivity index (χ4n) is 3.60. The molecule has 1 aromatic carbocycles. The zero-order valence-electron chi connectivity index (χ0n) is 18.4. The molecular formula is C22H35IN6O. The molecule has 0 amide bonds. The number of guanidine groups is 1. The quantitative estimate of drug-likeness (QED) is 0.325. The Bertz CT molecular complexity index is 787. The summed E-state index contributed by atoms with van der Waals surface area (Å²) in [5.41, 5.74) is 2.61. The van der Waals surface area contributed by atoms with Gasteiger partial charge in [-0.25, -0.2) is 0 Å². The number of benzene rings is 1. The molecule has 30 heavy (non-hydrogen) atoms. The molecule has 0 aliphatic carbocycles. The highest BCUT2D eigenvalue weighted by Crippen LogP contribution is 2.13. The summed E-state index contributed by atoms with van der Waals surface area (Å²) in [7, 11) is 2.09. The summed E-state index contributed by atoms with van der Waals surface area (Å²) in [5.74, 6) is 1.92. The second-order valence-electron chi connectivity index (χ2n) is 7.66. The van der Waals surface area contributed by atoms with Crippen molar-refractivity contribution in [1.29, 1.82) is 0 Å². The van der Waals surface area contributed by atoms with E-state index in [1.165, 1.54) is 17.5 Å². The monoisotopic (exact) mass is 526 g/mol. The zero-order valence-corrected chi connectivity index (χ0v) is 20.7. The maximum absolute atomic E-state index is 5.87. The van der Waals surface area contributed by atoms with E-state index in [1.54, 1.807) is 6.33 Å². The first-order valence-electron chi connectivity index (χ1n) is 10.7. The van der Waals surface area contributed by atoms with E-state index in [-0.39, 0.29) is 30.1 Å². The summed E-state index contributed by atoms with van der Waals surface area (Å²) >= 11 is 0. The van der Waals surface area contributed by atoms with Gasteiger partial charge in [0.2, 0.25) is 0 Å². The normalized spacial score (nSPS) is 16.8. The van der Waals surface area contributed by atoms with Gasteiger partial charge in [-0.2, -0.15) is 0 Å². The Hall–Kier alpha value is -1.68. The summed E-state index contributed by atoms with van der Waals surface area (Å²) in [6.45, 7) is 8.21. The molecule has 1 aliphatic rings. The minimum atomic E-state index is 0. The zero-order chi connectivity index (χ0) is 20.5. The SMILES string of the molecule is CCc1nncn1CCNC(=NCC1CCCCO1)N(C)Cc1ccccc1C.I. The molecule has 3 rings (SSSR count). The van der Waals surface area contributed by atoms with E-state index in [4.69, 9.17) is 9.73 Å². The number of ether oxygens (including phenoxy) is 1. The van der Waals surface area contributed by atoms with E-state index in [2.05, 4.69) is 70.1 Å². The highest BCUT2D eigenvalue weighted by molar-refractivity contribution is 14.0. The van der Waals surface area contributed by atoms with Gasteiger partial charge < -0.3 is 19.5 Å². The minimum Gasteiger partial charge on any atom is -0.376 e. The topological polar surface area (TPSA) is 67.6 Å². The minimum absolute atomic E-state index is 0. The molecule has 1 unspecified atom stereocenters. The van der Waals surface area contributed by atoms with Crippen molar-refractivity contribution in [2.24, 2.45) is 4.99 Å². The molecule has 0 spiro atoms. The van der Waals surface area contributed by atoms with Crippen LogP contribution in [-0.2, 0) is 24.2 Å². The first-order valence-corrected chi connectivity index (χ1v) is 10.7. The van der Waals surface area contributed by atoms with Crippen LogP contribution in [0.3, 0.4) is 0 Å². The Morgan fingerprint density at radius 1 is 1.33 bits per heavy atom. The van der Waals surface area contributed by atoms with E-state index in [9.17, 15) is 0 Å². The van der Waals surface area contributed by atoms with Crippen molar-refractivity contribution in [2.45, 2.75) is 58.7 Å². The van der Waals surface area contributed by atoms with Crippen LogP contribution in [0.15, 0.2) is 35.6 Å². The number of aromatic nitrogens is 3. The van der Waals surface area contributed by atoms with Crippen LogP contribution in [0.1, 0.15) is 43.1 Å². The number of halogens is 1. The lowest BCUT2D eigenvalue weighted by Crippen LogP contribution is -2.41. The largest absolute Gasteiger partial charge is 0.376 e. The molecule has 1 fully saturated rings. The predicted molar refractivity (Wildman–Crippen MR) is 131 cm³/mol. The molecule has 2 aromatic rings. The summed E-state index contributed by atoms with van der Waals surface area (Å²) in [4.78, 5) is 7.09. The highest BCUT2D eigenvalue weighted by Gasteiger charge is 2.15. The van der Waals surface area contributed by atoms with Gasteiger partial charge >= 0.3 is 0 Å². The van der Waals surface area contributed by atoms with Gasteiger partial charge in [-0.3, -0.25) is 4.99 Å². The van der Waals surface area contributed by atoms with Gasteiger partial charge in [0.05, 0.1) is 12.6 Å². The Kier molecular flexibility index (Phi) is 10.6. The lowest BCUT2D eigenvalue weighted by atomic mass is 10.1. The van der Waals surface area contributed by atoms with Crippen molar-refractivity contribution in [3.8, 4) is 0 Å². The number of hydrogen-bond donors (Lipinski definition) is 1. The molecule has 1 saturated heterocycles. The highest BCUT2D eigenvalue weighted by atomic mass is 127. The number of nitrogens with zero attached hydrogens (tertiary/aromatic N) is 5. The van der Waals surface area contributed by atoms with E-state index >= 15 is 0 Å². The van der Waals surface area contributed by atoms with Gasteiger partial charge in [0.1, 0.15) is 12.2 Å². The van der Waals surface area contributed by atoms with Crippen LogP contribution in [0.2, 0.25) is 0 Å². The third kappa shape index (κ3) is 7.23. The van der Waals surface area contributed by atoms with Crippen molar-refractivity contribution < 1.29 is 4.74 Å². The molecule has 2 heterocycles. The van der Waals surface area contributed by atoms with Gasteiger partial charge in [0.25, 0.3) is 0 Å². The lowest BCUT2D eigenvalue weighted by Gasteiger charge is -2.25. The van der Waals surface area contributed by atoms with Crippen LogP contribution in [-0.4, -0.2) is 58.5 Å². The molecule has 166 valence electrons. The third-order valence-corrected chi connectivity index (χ3v) is 5.40. The van der Waals surface area contributed by atoms with Crippen molar-refractivity contribution >= 4 is 29.9 Å². The average Bonchev–Trinajstić information content (AvgIpc) is 3.20. The first-order chi connectivity index (χ1) is 14.2. The fraction of sp³-hybridized carbons (Fsp3) is 0.591. The van der Waals surface area contributed by atoms with Crippen molar-refractivity contribution in [3.05, 3.63) is 47.5 Å². The molecule has 1 aliphatic heterocycles. The Balaban J connectivity index is 0.00000320. The maximum atomic E-state index is 5.87. The molecule has 1 atom stereocenters. The van der Waals surface area contributed by atoms with Gasteiger partial charge in [-0.15, -0.1) is 34.2 Å². The Labute approximate surface area is 197 Å². The molecule has 0 radical (unpaired) electrons. The van der Waals surface area contributed by atoms with Gasteiger partial charge in [0, 0.05) is 39.7 Å². The number of rotatable bonds is 8. The van der Waals surface area contributed by atoms with Crippen LogP contribution in [0.25, 0.3) is 0 Å². The average molecular weight is 526 g/mol. The first kappa shape index (κ1) is 24.6. The number of hydrogen-bond acceptors (Lipinski definition) is 4. The van der Waals surface area contributed by atoms with Crippen LogP contribution < -0.4 is 5.32 Å². The van der Waals surface area contributed by atoms with Gasteiger partial charge in [-0.05, 0) is 37.3 Å². The number of aryl methyl sites for hydroxylation is 2. The maximum Gasteiger partial charge on any atom is 0.194 e. The molecule has 1 N–H and O–H groups in total. The second kappa shape index (κ2) is 12.9. The predicted octanol–water partition coefficient (Wildman–Crippen LogP) is 3.41. The van der Waals surface area contributed by atoms with Crippen molar-refractivity contribution in [2.75, 3.05) is 26.7 Å². The summed E-state index contributed by atoms with van der Waals surface area (Å²) < 4.78 is 7.96. The van der Waals surface area contributed by atoms with E-state index in [0.717, 1.165) is 57.3 Å². The number of nitrogens with one attached hydrogen (secondary N) is 1. The molecular weight excluding hydrogens is 491 g/mol. The molecule has 1 aromatic heterocycles. The van der Waals surface area contributed by atoms with Crippen LogP contribution in [0, 0.1) is 6.92 Å². The Morgan fingerprint density at radius 2 is 2.17 bits per heavy atom. The van der Waals surface area contributed by atoms with Crippen molar-refractivity contribution in [3.63, 3.8) is 0 Å².